The zero-order chi connectivity index (χ0) is 14.4. The number of benzene rings is 1. The zero-order valence-corrected chi connectivity index (χ0v) is 12.3. The van der Waals surface area contributed by atoms with Crippen molar-refractivity contribution in [3.63, 3.8) is 0 Å². The largest absolute Gasteiger partial charge is 0.377 e. The van der Waals surface area contributed by atoms with Crippen molar-refractivity contribution < 1.29 is 4.74 Å². The van der Waals surface area contributed by atoms with Gasteiger partial charge < -0.3 is 15.8 Å². The van der Waals surface area contributed by atoms with E-state index in [1.165, 1.54) is 16.7 Å². The molecule has 3 N–H and O–H groups in total. The molecule has 0 radical (unpaired) electrons. The van der Waals surface area contributed by atoms with Crippen molar-refractivity contribution in [3.05, 3.63) is 41.0 Å². The van der Waals surface area contributed by atoms with Crippen LogP contribution in [0.25, 0.3) is 0 Å². The van der Waals surface area contributed by atoms with E-state index in [1.54, 1.807) is 0 Å². The van der Waals surface area contributed by atoms with Crippen LogP contribution in [0.15, 0.2) is 34.8 Å². The van der Waals surface area contributed by atoms with Gasteiger partial charge in [0.1, 0.15) is 0 Å². The number of rotatable bonds is 4. The van der Waals surface area contributed by atoms with Gasteiger partial charge in [-0.2, -0.15) is 0 Å². The van der Waals surface area contributed by atoms with E-state index < -0.39 is 0 Å². The van der Waals surface area contributed by atoms with Crippen molar-refractivity contribution in [1.29, 1.82) is 0 Å². The maximum absolute atomic E-state index is 5.92. The van der Waals surface area contributed by atoms with Gasteiger partial charge in [-0.25, -0.2) is 0 Å². The number of anilines is 1. The average Bonchev–Trinajstić information content (AvgIpc) is 2.38. The minimum atomic E-state index is 0.475. The van der Waals surface area contributed by atoms with Gasteiger partial charge in [0, 0.05) is 12.2 Å². The van der Waals surface area contributed by atoms with Gasteiger partial charge in [-0.3, -0.25) is 4.99 Å². The quantitative estimate of drug-likeness (QED) is 0.504. The molecule has 1 aliphatic heterocycles. The Hall–Kier alpha value is -1.81. The van der Waals surface area contributed by atoms with Crippen LogP contribution < -0.4 is 11.1 Å². The third-order valence-electron chi connectivity index (χ3n) is 3.27. The molecule has 20 heavy (non-hydrogen) atoms. The maximum atomic E-state index is 5.92. The fraction of sp³-hybridized carbons (Fsp3) is 0.438. The van der Waals surface area contributed by atoms with Crippen LogP contribution in [0.2, 0.25) is 0 Å². The van der Waals surface area contributed by atoms with Crippen LogP contribution >= 0.6 is 0 Å². The van der Waals surface area contributed by atoms with Gasteiger partial charge in [0.05, 0.1) is 13.2 Å². The molecule has 108 valence electrons. The molecule has 2 rings (SSSR count). The first kappa shape index (κ1) is 14.6. The summed E-state index contributed by atoms with van der Waals surface area (Å²) in [5.41, 5.74) is 10.8. The molecule has 4 nitrogen and oxygen atoms in total. The molecule has 0 aromatic heterocycles. The van der Waals surface area contributed by atoms with Crippen molar-refractivity contribution >= 4 is 11.6 Å². The molecule has 0 spiro atoms. The highest BCUT2D eigenvalue weighted by Crippen LogP contribution is 2.14. The first-order valence-electron chi connectivity index (χ1n) is 7.04. The van der Waals surface area contributed by atoms with Gasteiger partial charge in [0.15, 0.2) is 5.96 Å². The summed E-state index contributed by atoms with van der Waals surface area (Å²) in [6, 6.07) is 6.27. The van der Waals surface area contributed by atoms with Crippen molar-refractivity contribution in [1.82, 2.24) is 0 Å². The lowest BCUT2D eigenvalue weighted by atomic mass is 10.1. The Balaban J connectivity index is 1.85. The van der Waals surface area contributed by atoms with E-state index in [4.69, 9.17) is 10.5 Å². The standard InChI is InChI=1S/C16H23N3O/c1-12-9-13(2)11-15(10-12)19-16(17)18-6-3-14-4-7-20-8-5-14/h4,9-11H,3,5-8H2,1-2H3,(H3,17,18,19). The maximum Gasteiger partial charge on any atom is 0.193 e. The Labute approximate surface area is 120 Å². The van der Waals surface area contributed by atoms with Crippen LogP contribution in [0.3, 0.4) is 0 Å². The highest BCUT2D eigenvalue weighted by atomic mass is 16.5. The highest BCUT2D eigenvalue weighted by molar-refractivity contribution is 5.92. The Bertz CT molecular complexity index is 500. The van der Waals surface area contributed by atoms with Crippen molar-refractivity contribution in [2.75, 3.05) is 25.1 Å². The van der Waals surface area contributed by atoms with E-state index in [9.17, 15) is 0 Å². The van der Waals surface area contributed by atoms with Crippen LogP contribution in [0.1, 0.15) is 24.0 Å². The van der Waals surface area contributed by atoms with Gasteiger partial charge in [-0.05, 0) is 49.9 Å². The number of nitrogens with two attached hydrogens (primary N) is 1. The predicted molar refractivity (Wildman–Crippen MR) is 84.2 cm³/mol. The molecular weight excluding hydrogens is 250 g/mol. The number of aliphatic imine (C=N–C) groups is 1. The number of guanidine groups is 1. The second-order valence-electron chi connectivity index (χ2n) is 5.21. The summed E-state index contributed by atoms with van der Waals surface area (Å²) in [5, 5.41) is 3.14. The minimum Gasteiger partial charge on any atom is -0.377 e. The summed E-state index contributed by atoms with van der Waals surface area (Å²) in [6.45, 7) is 6.42. The summed E-state index contributed by atoms with van der Waals surface area (Å²) in [4.78, 5) is 4.37. The molecule has 1 aromatic rings. The summed E-state index contributed by atoms with van der Waals surface area (Å²) in [7, 11) is 0. The second-order valence-corrected chi connectivity index (χ2v) is 5.21. The minimum absolute atomic E-state index is 0.475. The average molecular weight is 273 g/mol. The molecule has 0 amide bonds. The van der Waals surface area contributed by atoms with Gasteiger partial charge in [-0.15, -0.1) is 0 Å². The molecule has 0 saturated heterocycles. The monoisotopic (exact) mass is 273 g/mol. The number of hydrogen-bond donors (Lipinski definition) is 2. The first-order valence-corrected chi connectivity index (χ1v) is 7.04. The van der Waals surface area contributed by atoms with Crippen molar-refractivity contribution in [3.8, 4) is 0 Å². The van der Waals surface area contributed by atoms with Crippen LogP contribution in [0.4, 0.5) is 5.69 Å². The van der Waals surface area contributed by atoms with Gasteiger partial charge in [-0.1, -0.05) is 17.7 Å². The normalized spacial score (nSPS) is 15.9. The van der Waals surface area contributed by atoms with E-state index in [0.717, 1.165) is 38.3 Å². The summed E-state index contributed by atoms with van der Waals surface area (Å²) in [6.07, 6.45) is 4.12. The first-order chi connectivity index (χ1) is 9.63. The third kappa shape index (κ3) is 4.70. The Morgan fingerprint density at radius 1 is 1.30 bits per heavy atom. The van der Waals surface area contributed by atoms with Crippen LogP contribution in [0, 0.1) is 13.8 Å². The molecule has 0 unspecified atom stereocenters. The fourth-order valence-electron chi connectivity index (χ4n) is 2.35. The van der Waals surface area contributed by atoms with Crippen LogP contribution in [-0.2, 0) is 4.74 Å². The van der Waals surface area contributed by atoms with Gasteiger partial charge >= 0.3 is 0 Å². The summed E-state index contributed by atoms with van der Waals surface area (Å²) >= 11 is 0. The second kappa shape index (κ2) is 7.10. The molecule has 1 aliphatic rings. The molecule has 1 aromatic carbocycles. The number of aryl methyl sites for hydroxylation is 2. The van der Waals surface area contributed by atoms with Gasteiger partial charge in [0.2, 0.25) is 0 Å². The third-order valence-corrected chi connectivity index (χ3v) is 3.27. The number of hydrogen-bond acceptors (Lipinski definition) is 2. The van der Waals surface area contributed by atoms with Crippen molar-refractivity contribution in [2.24, 2.45) is 10.7 Å². The SMILES string of the molecule is Cc1cc(C)cc(NC(N)=NCCC2=CCOCC2)c1. The van der Waals surface area contributed by atoms with E-state index in [0.29, 0.717) is 5.96 Å². The molecule has 0 saturated carbocycles. The Morgan fingerprint density at radius 3 is 2.70 bits per heavy atom. The van der Waals surface area contributed by atoms with Gasteiger partial charge in [0.25, 0.3) is 0 Å². The Kier molecular flexibility index (Phi) is 5.18. The lowest BCUT2D eigenvalue weighted by molar-refractivity contribution is 0.153. The molecule has 0 fully saturated rings. The fourth-order valence-corrected chi connectivity index (χ4v) is 2.35. The van der Waals surface area contributed by atoms with Crippen LogP contribution in [0.5, 0.6) is 0 Å². The molecule has 0 bridgehead atoms. The number of nitrogens with one attached hydrogen (secondary N) is 1. The van der Waals surface area contributed by atoms with E-state index >= 15 is 0 Å². The van der Waals surface area contributed by atoms with E-state index in [2.05, 4.69) is 48.4 Å². The molecule has 4 heteroatoms. The molecule has 0 aliphatic carbocycles. The molecule has 1 heterocycles. The van der Waals surface area contributed by atoms with E-state index in [-0.39, 0.29) is 0 Å². The number of nitrogens with zero attached hydrogens (tertiary/aromatic N) is 1. The summed E-state index contributed by atoms with van der Waals surface area (Å²) < 4.78 is 5.28. The number of ether oxygens (including phenoxy) is 1. The lowest BCUT2D eigenvalue weighted by Gasteiger charge is -2.12. The smallest absolute Gasteiger partial charge is 0.193 e. The van der Waals surface area contributed by atoms with Crippen molar-refractivity contribution in [2.45, 2.75) is 26.7 Å². The predicted octanol–water partition coefficient (Wildman–Crippen LogP) is 2.77. The summed E-state index contributed by atoms with van der Waals surface area (Å²) in [5.74, 6) is 0.475. The Morgan fingerprint density at radius 2 is 2.05 bits per heavy atom. The molecular formula is C16H23N3O. The van der Waals surface area contributed by atoms with Crippen LogP contribution in [-0.4, -0.2) is 25.7 Å². The van der Waals surface area contributed by atoms with E-state index in [1.807, 2.05) is 0 Å². The topological polar surface area (TPSA) is 59.6 Å². The molecule has 0 atom stereocenters. The lowest BCUT2D eigenvalue weighted by Crippen LogP contribution is -2.23. The highest BCUT2D eigenvalue weighted by Gasteiger charge is 2.03. The zero-order valence-electron chi connectivity index (χ0n) is 12.3.